The summed E-state index contributed by atoms with van der Waals surface area (Å²) in [4.78, 5) is 0. The second-order valence-corrected chi connectivity index (χ2v) is 5.26. The summed E-state index contributed by atoms with van der Waals surface area (Å²) < 4.78 is 11.2. The second kappa shape index (κ2) is 7.34. The number of likely N-dealkylation sites (N-methyl/N-ethyl adjacent to an activating group) is 1. The van der Waals surface area contributed by atoms with Gasteiger partial charge in [0.25, 0.3) is 0 Å². The van der Waals surface area contributed by atoms with Gasteiger partial charge in [-0.2, -0.15) is 0 Å². The van der Waals surface area contributed by atoms with Gasteiger partial charge in [0.15, 0.2) is 0 Å². The molecule has 0 aromatic heterocycles. The molecular weight excluding hydrogens is 286 g/mol. The van der Waals surface area contributed by atoms with Gasteiger partial charge in [0.2, 0.25) is 0 Å². The fourth-order valence-electron chi connectivity index (χ4n) is 2.31. The van der Waals surface area contributed by atoms with Crippen LogP contribution >= 0.6 is 11.6 Å². The molecule has 0 amide bonds. The van der Waals surface area contributed by atoms with Crippen LogP contribution in [0.3, 0.4) is 0 Å². The van der Waals surface area contributed by atoms with Crippen molar-refractivity contribution in [3.05, 3.63) is 59.1 Å². The van der Waals surface area contributed by atoms with Crippen LogP contribution in [0, 0.1) is 0 Å². The quantitative estimate of drug-likeness (QED) is 0.872. The van der Waals surface area contributed by atoms with Crippen molar-refractivity contribution in [2.75, 3.05) is 14.2 Å². The van der Waals surface area contributed by atoms with E-state index in [-0.39, 0.29) is 12.1 Å². The molecule has 0 saturated carbocycles. The van der Waals surface area contributed by atoms with E-state index in [0.717, 1.165) is 17.1 Å². The van der Waals surface area contributed by atoms with Crippen molar-refractivity contribution >= 4 is 11.6 Å². The third-order valence-electron chi connectivity index (χ3n) is 3.37. The minimum absolute atomic E-state index is 0.0399. The minimum Gasteiger partial charge on any atom is -0.497 e. The van der Waals surface area contributed by atoms with Gasteiger partial charge < -0.3 is 14.8 Å². The summed E-state index contributed by atoms with van der Waals surface area (Å²) in [6, 6.07) is 15.5. The molecule has 0 radical (unpaired) electrons. The van der Waals surface area contributed by atoms with Crippen LogP contribution in [0.4, 0.5) is 0 Å². The van der Waals surface area contributed by atoms with E-state index in [4.69, 9.17) is 21.1 Å². The highest BCUT2D eigenvalue weighted by Gasteiger charge is 2.19. The van der Waals surface area contributed by atoms with E-state index in [1.54, 1.807) is 7.11 Å². The average molecular weight is 306 g/mol. The summed E-state index contributed by atoms with van der Waals surface area (Å²) in [5, 5.41) is 3.96. The second-order valence-electron chi connectivity index (χ2n) is 4.82. The molecule has 112 valence electrons. The summed E-state index contributed by atoms with van der Waals surface area (Å²) in [6.45, 7) is 2.03. The first-order chi connectivity index (χ1) is 10.1. The smallest absolute Gasteiger partial charge is 0.121 e. The Morgan fingerprint density at radius 2 is 1.76 bits per heavy atom. The molecule has 0 spiro atoms. The lowest BCUT2D eigenvalue weighted by atomic mass is 10.0. The number of hydrogen-bond donors (Lipinski definition) is 1. The van der Waals surface area contributed by atoms with E-state index < -0.39 is 0 Å². The lowest BCUT2D eigenvalue weighted by molar-refractivity contribution is 0.175. The summed E-state index contributed by atoms with van der Waals surface area (Å²) in [6.07, 6.45) is -0.0399. The molecule has 2 aromatic carbocycles. The van der Waals surface area contributed by atoms with Crippen LogP contribution in [0.5, 0.6) is 11.5 Å². The summed E-state index contributed by atoms with van der Waals surface area (Å²) >= 11 is 5.98. The predicted octanol–water partition coefficient (Wildman–Crippen LogP) is 4.08. The number of halogens is 1. The molecule has 3 nitrogen and oxygen atoms in total. The highest BCUT2D eigenvalue weighted by Crippen LogP contribution is 2.25. The van der Waals surface area contributed by atoms with Crippen molar-refractivity contribution in [1.82, 2.24) is 5.32 Å². The molecule has 21 heavy (non-hydrogen) atoms. The Morgan fingerprint density at radius 1 is 1.05 bits per heavy atom. The van der Waals surface area contributed by atoms with Crippen molar-refractivity contribution in [3.63, 3.8) is 0 Å². The van der Waals surface area contributed by atoms with E-state index in [1.165, 1.54) is 0 Å². The molecule has 0 aliphatic rings. The Bertz CT molecular complexity index is 571. The molecule has 2 unspecified atom stereocenters. The standard InChI is InChI=1S/C17H20ClNO2/c1-12(21-16-6-4-5-14(18)11-16)17(19-2)13-7-9-15(20-3)10-8-13/h4-12,17,19H,1-3H3. The molecule has 0 aliphatic carbocycles. The van der Waals surface area contributed by atoms with Gasteiger partial charge in [-0.1, -0.05) is 29.8 Å². The molecular formula is C17H20ClNO2. The zero-order chi connectivity index (χ0) is 15.2. The number of nitrogens with one attached hydrogen (secondary N) is 1. The lowest BCUT2D eigenvalue weighted by Crippen LogP contribution is -2.31. The highest BCUT2D eigenvalue weighted by molar-refractivity contribution is 6.30. The van der Waals surface area contributed by atoms with Gasteiger partial charge in [-0.15, -0.1) is 0 Å². The van der Waals surface area contributed by atoms with E-state index in [1.807, 2.05) is 62.5 Å². The van der Waals surface area contributed by atoms with Crippen molar-refractivity contribution in [3.8, 4) is 11.5 Å². The first-order valence-electron chi connectivity index (χ1n) is 6.87. The molecule has 2 atom stereocenters. The van der Waals surface area contributed by atoms with E-state index in [9.17, 15) is 0 Å². The van der Waals surface area contributed by atoms with Crippen molar-refractivity contribution in [2.45, 2.75) is 19.1 Å². The normalized spacial score (nSPS) is 13.5. The Morgan fingerprint density at radius 3 is 2.33 bits per heavy atom. The molecule has 0 fully saturated rings. The number of methoxy groups -OCH3 is 1. The summed E-state index contributed by atoms with van der Waals surface area (Å²) in [7, 11) is 3.59. The van der Waals surface area contributed by atoms with Gasteiger partial charge in [0.1, 0.15) is 17.6 Å². The summed E-state index contributed by atoms with van der Waals surface area (Å²) in [5.41, 5.74) is 1.15. The van der Waals surface area contributed by atoms with Gasteiger partial charge in [-0.3, -0.25) is 0 Å². The van der Waals surface area contributed by atoms with Crippen molar-refractivity contribution in [2.24, 2.45) is 0 Å². The largest absolute Gasteiger partial charge is 0.497 e. The molecule has 0 aliphatic heterocycles. The Hall–Kier alpha value is -1.71. The Balaban J connectivity index is 2.12. The van der Waals surface area contributed by atoms with Gasteiger partial charge >= 0.3 is 0 Å². The fraction of sp³-hybridized carbons (Fsp3) is 0.294. The Kier molecular flexibility index (Phi) is 5.48. The molecule has 1 N–H and O–H groups in total. The maximum atomic E-state index is 5.98. The van der Waals surface area contributed by atoms with E-state index in [2.05, 4.69) is 5.32 Å². The van der Waals surface area contributed by atoms with Crippen LogP contribution < -0.4 is 14.8 Å². The van der Waals surface area contributed by atoms with Crippen LogP contribution in [-0.4, -0.2) is 20.3 Å². The van der Waals surface area contributed by atoms with E-state index >= 15 is 0 Å². The monoisotopic (exact) mass is 305 g/mol. The number of rotatable bonds is 6. The summed E-state index contributed by atoms with van der Waals surface area (Å²) in [5.74, 6) is 1.61. The van der Waals surface area contributed by atoms with Gasteiger partial charge in [-0.25, -0.2) is 0 Å². The molecule has 0 bridgehead atoms. The van der Waals surface area contributed by atoms with Crippen molar-refractivity contribution in [1.29, 1.82) is 0 Å². The predicted molar refractivity (Wildman–Crippen MR) is 86.3 cm³/mol. The van der Waals surface area contributed by atoms with Gasteiger partial charge in [0, 0.05) is 5.02 Å². The maximum Gasteiger partial charge on any atom is 0.121 e. The molecule has 0 saturated heterocycles. The number of ether oxygens (including phenoxy) is 2. The fourth-order valence-corrected chi connectivity index (χ4v) is 2.49. The zero-order valence-corrected chi connectivity index (χ0v) is 13.2. The zero-order valence-electron chi connectivity index (χ0n) is 12.5. The van der Waals surface area contributed by atoms with Gasteiger partial charge in [0.05, 0.1) is 13.2 Å². The first-order valence-corrected chi connectivity index (χ1v) is 7.25. The van der Waals surface area contributed by atoms with Gasteiger partial charge in [-0.05, 0) is 49.9 Å². The molecule has 2 aromatic rings. The first kappa shape index (κ1) is 15.7. The lowest BCUT2D eigenvalue weighted by Gasteiger charge is -2.25. The third kappa shape index (κ3) is 4.13. The molecule has 2 rings (SSSR count). The average Bonchev–Trinajstić information content (AvgIpc) is 2.48. The number of hydrogen-bond acceptors (Lipinski definition) is 3. The topological polar surface area (TPSA) is 30.5 Å². The molecule has 0 heterocycles. The van der Waals surface area contributed by atoms with Crippen molar-refractivity contribution < 1.29 is 9.47 Å². The third-order valence-corrected chi connectivity index (χ3v) is 3.61. The van der Waals surface area contributed by atoms with E-state index in [0.29, 0.717) is 5.02 Å². The van der Waals surface area contributed by atoms with Crippen LogP contribution in [0.2, 0.25) is 5.02 Å². The SMILES string of the molecule is CNC(c1ccc(OC)cc1)C(C)Oc1cccc(Cl)c1. The maximum absolute atomic E-state index is 5.98. The van der Waals surface area contributed by atoms with Crippen LogP contribution in [0.1, 0.15) is 18.5 Å². The number of benzene rings is 2. The highest BCUT2D eigenvalue weighted by atomic mass is 35.5. The van der Waals surface area contributed by atoms with Crippen LogP contribution in [0.15, 0.2) is 48.5 Å². The molecule has 4 heteroatoms. The van der Waals surface area contributed by atoms with Crippen LogP contribution in [-0.2, 0) is 0 Å². The van der Waals surface area contributed by atoms with Crippen LogP contribution in [0.25, 0.3) is 0 Å². The Labute approximate surface area is 130 Å². The minimum atomic E-state index is -0.0399.